The molecule has 6 nitrogen and oxygen atoms in total. The Balaban J connectivity index is 2.08. The number of Topliss-reactive ketones (excluding diaryl/α,β-unsaturated/α-hetero) is 2. The Hall–Kier alpha value is -3.19. The number of benzene rings is 2. The van der Waals surface area contributed by atoms with Crippen LogP contribution in [0.25, 0.3) is 10.9 Å². The highest BCUT2D eigenvalue weighted by Crippen LogP contribution is 2.35. The number of carbonyl (C=O) groups is 2. The minimum atomic E-state index is -0.704. The normalized spacial score (nSPS) is 10.9. The van der Waals surface area contributed by atoms with Gasteiger partial charge in [-0.3, -0.25) is 9.59 Å². The fourth-order valence-electron chi connectivity index (χ4n) is 2.93. The molecular formula is C21H17ClFNO5. The SMILES string of the molecule is CC(=O)CCC(=O)c1c(O)c2ccc(Oc3c(F)cccc3Cl)cc2n(C)c1=O. The molecule has 3 aromatic rings. The largest absolute Gasteiger partial charge is 0.506 e. The first-order valence-electron chi connectivity index (χ1n) is 8.71. The lowest BCUT2D eigenvalue weighted by Gasteiger charge is -2.13. The van der Waals surface area contributed by atoms with Crippen LogP contribution in [0, 0.1) is 5.82 Å². The second-order valence-electron chi connectivity index (χ2n) is 6.54. The number of fused-ring (bicyclic) bond motifs is 1. The number of aromatic nitrogens is 1. The van der Waals surface area contributed by atoms with Gasteiger partial charge in [-0.1, -0.05) is 17.7 Å². The van der Waals surface area contributed by atoms with Gasteiger partial charge in [0.1, 0.15) is 22.8 Å². The summed E-state index contributed by atoms with van der Waals surface area (Å²) < 4.78 is 20.7. The van der Waals surface area contributed by atoms with Gasteiger partial charge >= 0.3 is 0 Å². The topological polar surface area (TPSA) is 85.6 Å². The van der Waals surface area contributed by atoms with Crippen molar-refractivity contribution in [2.24, 2.45) is 7.05 Å². The molecule has 0 saturated heterocycles. The molecule has 150 valence electrons. The number of rotatable bonds is 6. The number of hydrogen-bond donors (Lipinski definition) is 1. The molecule has 0 bridgehead atoms. The summed E-state index contributed by atoms with van der Waals surface area (Å²) in [6.07, 6.45) is -0.188. The van der Waals surface area contributed by atoms with Gasteiger partial charge in [0.05, 0.1) is 10.5 Å². The average Bonchev–Trinajstić information content (AvgIpc) is 2.67. The molecule has 8 heteroatoms. The highest BCUT2D eigenvalue weighted by molar-refractivity contribution is 6.32. The Morgan fingerprint density at radius 3 is 2.59 bits per heavy atom. The first-order valence-corrected chi connectivity index (χ1v) is 9.08. The van der Waals surface area contributed by atoms with E-state index in [1.807, 2.05) is 0 Å². The molecule has 1 aromatic heterocycles. The molecule has 0 aliphatic heterocycles. The van der Waals surface area contributed by atoms with Gasteiger partial charge in [-0.05, 0) is 31.2 Å². The molecule has 0 spiro atoms. The molecule has 1 heterocycles. The molecule has 0 radical (unpaired) electrons. The zero-order valence-electron chi connectivity index (χ0n) is 15.7. The second kappa shape index (κ2) is 8.05. The highest BCUT2D eigenvalue weighted by atomic mass is 35.5. The van der Waals surface area contributed by atoms with Crippen molar-refractivity contribution in [3.05, 3.63) is 63.2 Å². The van der Waals surface area contributed by atoms with Crippen molar-refractivity contribution in [1.82, 2.24) is 4.57 Å². The standard InChI is InChI=1S/C21H17ClFNO5/c1-11(25)6-9-17(26)18-19(27)13-8-7-12(10-16(13)24(2)21(18)28)29-20-14(22)4-3-5-15(20)23/h3-5,7-8,10,27H,6,9H2,1-2H3. The average molecular weight is 418 g/mol. The smallest absolute Gasteiger partial charge is 0.265 e. The maximum absolute atomic E-state index is 14.0. The van der Waals surface area contributed by atoms with Crippen LogP contribution < -0.4 is 10.3 Å². The summed E-state index contributed by atoms with van der Waals surface area (Å²) >= 11 is 5.97. The lowest BCUT2D eigenvalue weighted by atomic mass is 10.0. The van der Waals surface area contributed by atoms with Crippen molar-refractivity contribution in [1.29, 1.82) is 0 Å². The molecule has 0 amide bonds. The zero-order chi connectivity index (χ0) is 21.3. The molecule has 0 unspecified atom stereocenters. The Labute approximate surface area is 170 Å². The number of nitrogens with zero attached hydrogens (tertiary/aromatic N) is 1. The van der Waals surface area contributed by atoms with Crippen molar-refractivity contribution in [2.45, 2.75) is 19.8 Å². The molecule has 0 atom stereocenters. The number of pyridine rings is 1. The van der Waals surface area contributed by atoms with E-state index in [4.69, 9.17) is 16.3 Å². The Bertz CT molecular complexity index is 1180. The van der Waals surface area contributed by atoms with E-state index in [-0.39, 0.29) is 51.6 Å². The van der Waals surface area contributed by atoms with Crippen molar-refractivity contribution in [3.63, 3.8) is 0 Å². The van der Waals surface area contributed by atoms with Crippen LogP contribution in [0.1, 0.15) is 30.1 Å². The molecule has 1 N–H and O–H groups in total. The van der Waals surface area contributed by atoms with Gasteiger partial charge in [0.2, 0.25) is 0 Å². The van der Waals surface area contributed by atoms with Crippen molar-refractivity contribution in [2.75, 3.05) is 0 Å². The monoisotopic (exact) mass is 417 g/mol. The first kappa shape index (κ1) is 20.5. The predicted molar refractivity (Wildman–Crippen MR) is 107 cm³/mol. The van der Waals surface area contributed by atoms with Crippen molar-refractivity contribution >= 4 is 34.1 Å². The van der Waals surface area contributed by atoms with Crippen LogP contribution in [0.5, 0.6) is 17.2 Å². The number of ketones is 2. The number of carbonyl (C=O) groups excluding carboxylic acids is 2. The number of halogens is 2. The Morgan fingerprint density at radius 1 is 1.21 bits per heavy atom. The molecule has 29 heavy (non-hydrogen) atoms. The van der Waals surface area contributed by atoms with Crippen LogP contribution >= 0.6 is 11.6 Å². The van der Waals surface area contributed by atoms with E-state index in [0.29, 0.717) is 0 Å². The third kappa shape index (κ3) is 4.00. The summed E-state index contributed by atoms with van der Waals surface area (Å²) in [5.41, 5.74) is -0.794. The Kier molecular flexibility index (Phi) is 5.70. The molecule has 0 aliphatic rings. The van der Waals surface area contributed by atoms with Gasteiger partial charge in [0, 0.05) is 31.3 Å². The summed E-state index contributed by atoms with van der Waals surface area (Å²) in [5.74, 6) is -1.90. The molecule has 0 fully saturated rings. The lowest BCUT2D eigenvalue weighted by Crippen LogP contribution is -2.25. The van der Waals surface area contributed by atoms with Gasteiger partial charge < -0.3 is 19.2 Å². The summed E-state index contributed by atoms with van der Waals surface area (Å²) in [4.78, 5) is 36.1. The fourth-order valence-corrected chi connectivity index (χ4v) is 3.13. The van der Waals surface area contributed by atoms with Gasteiger partial charge in [-0.2, -0.15) is 0 Å². The molecular weight excluding hydrogens is 401 g/mol. The maximum atomic E-state index is 14.0. The number of aromatic hydroxyl groups is 1. The third-order valence-electron chi connectivity index (χ3n) is 4.46. The van der Waals surface area contributed by atoms with Crippen LogP contribution in [0.15, 0.2) is 41.2 Å². The van der Waals surface area contributed by atoms with Crippen molar-refractivity contribution in [3.8, 4) is 17.2 Å². The predicted octanol–water partition coefficient (Wildman–Crippen LogP) is 4.38. The number of hydrogen-bond acceptors (Lipinski definition) is 5. The maximum Gasteiger partial charge on any atom is 0.265 e. The van der Waals surface area contributed by atoms with E-state index in [1.54, 1.807) is 0 Å². The first-order chi connectivity index (χ1) is 13.7. The van der Waals surface area contributed by atoms with Gasteiger partial charge in [-0.25, -0.2) is 4.39 Å². The van der Waals surface area contributed by atoms with Crippen LogP contribution in [-0.2, 0) is 11.8 Å². The molecule has 2 aromatic carbocycles. The summed E-state index contributed by atoms with van der Waals surface area (Å²) in [7, 11) is 1.44. The number of para-hydroxylation sites is 1. The van der Waals surface area contributed by atoms with E-state index in [2.05, 4.69) is 0 Å². The lowest BCUT2D eigenvalue weighted by molar-refractivity contribution is -0.116. The van der Waals surface area contributed by atoms with E-state index in [0.717, 1.165) is 0 Å². The molecule has 0 saturated carbocycles. The number of ether oxygens (including phenoxy) is 1. The zero-order valence-corrected chi connectivity index (χ0v) is 16.4. The van der Waals surface area contributed by atoms with E-state index >= 15 is 0 Å². The third-order valence-corrected chi connectivity index (χ3v) is 4.76. The van der Waals surface area contributed by atoms with E-state index in [9.17, 15) is 23.9 Å². The Morgan fingerprint density at radius 2 is 1.93 bits per heavy atom. The molecule has 3 rings (SSSR count). The summed E-state index contributed by atoms with van der Waals surface area (Å²) in [5, 5.41) is 10.8. The van der Waals surface area contributed by atoms with Crippen LogP contribution in [-0.4, -0.2) is 21.2 Å². The summed E-state index contributed by atoms with van der Waals surface area (Å²) in [6, 6.07) is 8.46. The van der Waals surface area contributed by atoms with E-state index < -0.39 is 22.9 Å². The minimum absolute atomic E-state index is 0.0182. The van der Waals surface area contributed by atoms with Gasteiger partial charge in [0.25, 0.3) is 5.56 Å². The van der Waals surface area contributed by atoms with Crippen LogP contribution in [0.4, 0.5) is 4.39 Å². The van der Waals surface area contributed by atoms with E-state index in [1.165, 1.54) is 54.9 Å². The fraction of sp³-hybridized carbons (Fsp3) is 0.190. The summed E-state index contributed by atoms with van der Waals surface area (Å²) in [6.45, 7) is 1.34. The van der Waals surface area contributed by atoms with Crippen LogP contribution in [0.3, 0.4) is 0 Å². The second-order valence-corrected chi connectivity index (χ2v) is 6.95. The number of aryl methyl sites for hydroxylation is 1. The van der Waals surface area contributed by atoms with Crippen LogP contribution in [0.2, 0.25) is 5.02 Å². The van der Waals surface area contributed by atoms with Gasteiger partial charge in [-0.15, -0.1) is 0 Å². The van der Waals surface area contributed by atoms with Crippen molar-refractivity contribution < 1.29 is 23.8 Å². The quantitative estimate of drug-likeness (QED) is 0.601. The minimum Gasteiger partial charge on any atom is -0.506 e. The molecule has 0 aliphatic carbocycles. The highest BCUT2D eigenvalue weighted by Gasteiger charge is 2.22. The van der Waals surface area contributed by atoms with Gasteiger partial charge in [0.15, 0.2) is 17.3 Å².